The third kappa shape index (κ3) is 11.1. The van der Waals surface area contributed by atoms with Crippen LogP contribution in [0.2, 0.25) is 0 Å². The van der Waals surface area contributed by atoms with Gasteiger partial charge in [-0.3, -0.25) is 14.9 Å². The Hall–Kier alpha value is -4.88. The maximum absolute atomic E-state index is 12.4. The normalized spacial score (nSPS) is 16.0. The average molecular weight is 756 g/mol. The molecule has 288 valence electrons. The lowest BCUT2D eigenvalue weighted by Gasteiger charge is -2.38. The fourth-order valence-electron chi connectivity index (χ4n) is 7.36. The van der Waals surface area contributed by atoms with Crippen molar-refractivity contribution in [1.29, 1.82) is 0 Å². The smallest absolute Gasteiger partial charge is 0.313 e. The van der Waals surface area contributed by atoms with E-state index < -0.39 is 5.97 Å². The van der Waals surface area contributed by atoms with Crippen LogP contribution in [0.15, 0.2) is 108 Å². The Morgan fingerprint density at radius 1 is 0.909 bits per heavy atom. The number of hydrogen-bond acceptors (Lipinski definition) is 5. The van der Waals surface area contributed by atoms with Crippen LogP contribution >= 0.6 is 11.8 Å². The van der Waals surface area contributed by atoms with Crippen LogP contribution in [-0.2, 0) is 21.5 Å². The van der Waals surface area contributed by atoms with Crippen molar-refractivity contribution in [2.45, 2.75) is 92.0 Å². The second-order valence-electron chi connectivity index (χ2n) is 15.0. The highest BCUT2D eigenvalue weighted by molar-refractivity contribution is 8.14. The first kappa shape index (κ1) is 41.3. The number of aliphatic carboxylic acids is 1. The van der Waals surface area contributed by atoms with Crippen molar-refractivity contribution in [3.05, 3.63) is 142 Å². The Kier molecular flexibility index (Phi) is 14.7. The van der Waals surface area contributed by atoms with Gasteiger partial charge in [0.05, 0.1) is 11.3 Å². The summed E-state index contributed by atoms with van der Waals surface area (Å²) in [7, 11) is 0. The number of hydrogen-bond donors (Lipinski definition) is 3. The van der Waals surface area contributed by atoms with Gasteiger partial charge in [-0.2, -0.15) is 0 Å². The third-order valence-corrected chi connectivity index (χ3v) is 11.8. The molecule has 1 aliphatic rings. The standard InChI is InChI=1S/C48H57N3O3S/c1-7-10-15-35(9-3)29-39-22-23-40(28-33(39)4)43(38-16-12-11-13-17-38)30-36-18-24-41(25-19-36)48(6,34(5)14-8-2)51-42-26-20-37(21-27-42)31-44-46(54)50-47(49-44)55-32-45(52)53/h11-13,16-28,30-31,34-35,51H,7-10,14-15,29,32H2,1-6H3,(H,52,53)(H,49,50,54)/b43-30+,44-31-. The summed E-state index contributed by atoms with van der Waals surface area (Å²) in [6, 6.07) is 34.7. The number of unbranched alkanes of at least 4 members (excludes halogenated alkanes) is 1. The molecule has 0 radical (unpaired) electrons. The highest BCUT2D eigenvalue weighted by Crippen LogP contribution is 2.37. The highest BCUT2D eigenvalue weighted by Gasteiger charge is 2.32. The minimum atomic E-state index is -0.961. The summed E-state index contributed by atoms with van der Waals surface area (Å²) >= 11 is 0.994. The molecule has 1 amide bonds. The van der Waals surface area contributed by atoms with E-state index in [-0.39, 0.29) is 22.9 Å². The summed E-state index contributed by atoms with van der Waals surface area (Å²) in [5.41, 5.74) is 10.6. The number of carbonyl (C=O) groups is 2. The van der Waals surface area contributed by atoms with Gasteiger partial charge in [-0.05, 0) is 107 Å². The predicted molar refractivity (Wildman–Crippen MR) is 233 cm³/mol. The van der Waals surface area contributed by atoms with Crippen molar-refractivity contribution in [3.8, 4) is 0 Å². The molecule has 5 rings (SSSR count). The molecule has 0 saturated heterocycles. The molecule has 1 aliphatic heterocycles. The SMILES string of the molecule is CCCCC(CC)Cc1ccc(/C(=C/c2ccc(C(C)(Nc3ccc(/C=C4\N=C(SCC(=O)O)NC4=O)cc3)C(C)CCC)cc2)c2ccccc2)cc1C. The molecule has 0 spiro atoms. The van der Waals surface area contributed by atoms with Crippen LogP contribution in [0.3, 0.4) is 0 Å². The Morgan fingerprint density at radius 3 is 2.25 bits per heavy atom. The fraction of sp³-hybridized carbons (Fsp3) is 0.354. The van der Waals surface area contributed by atoms with Crippen LogP contribution in [0.4, 0.5) is 5.69 Å². The van der Waals surface area contributed by atoms with E-state index in [1.165, 1.54) is 59.1 Å². The number of rotatable bonds is 18. The van der Waals surface area contributed by atoms with Crippen LogP contribution in [0, 0.1) is 18.8 Å². The van der Waals surface area contributed by atoms with E-state index in [9.17, 15) is 9.59 Å². The lowest BCUT2D eigenvalue weighted by molar-refractivity contribution is -0.133. The van der Waals surface area contributed by atoms with Gasteiger partial charge in [-0.15, -0.1) is 0 Å². The molecule has 3 unspecified atom stereocenters. The first-order valence-corrected chi connectivity index (χ1v) is 20.8. The molecule has 4 aromatic rings. The van der Waals surface area contributed by atoms with Gasteiger partial charge in [0.1, 0.15) is 5.70 Å². The number of nitrogens with zero attached hydrogens (tertiary/aromatic N) is 1. The zero-order valence-electron chi connectivity index (χ0n) is 33.3. The number of amidine groups is 1. The molecular formula is C48H57N3O3S. The van der Waals surface area contributed by atoms with Crippen LogP contribution in [0.25, 0.3) is 17.7 Å². The number of aliphatic imine (C=N–C) groups is 1. The van der Waals surface area contributed by atoms with E-state index >= 15 is 0 Å². The van der Waals surface area contributed by atoms with Crippen LogP contribution < -0.4 is 10.6 Å². The second kappa shape index (κ2) is 19.6. The lowest BCUT2D eigenvalue weighted by Crippen LogP contribution is -2.38. The quantitative estimate of drug-likeness (QED) is 0.0695. The lowest BCUT2D eigenvalue weighted by atomic mass is 9.77. The van der Waals surface area contributed by atoms with Gasteiger partial charge in [0.25, 0.3) is 5.91 Å². The molecule has 7 heteroatoms. The van der Waals surface area contributed by atoms with Gasteiger partial charge >= 0.3 is 5.97 Å². The van der Waals surface area contributed by atoms with Gasteiger partial charge in [-0.25, -0.2) is 4.99 Å². The summed E-state index contributed by atoms with van der Waals surface area (Å²) in [5.74, 6) is -0.384. The van der Waals surface area contributed by atoms with Crippen molar-refractivity contribution in [3.63, 3.8) is 0 Å². The minimum Gasteiger partial charge on any atom is -0.481 e. The number of carboxylic acids is 1. The number of anilines is 1. The van der Waals surface area contributed by atoms with E-state index in [2.05, 4.69) is 136 Å². The van der Waals surface area contributed by atoms with Gasteiger partial charge in [-0.1, -0.05) is 156 Å². The van der Waals surface area contributed by atoms with Crippen molar-refractivity contribution in [1.82, 2.24) is 5.32 Å². The highest BCUT2D eigenvalue weighted by atomic mass is 32.2. The topological polar surface area (TPSA) is 90.8 Å². The Balaban J connectivity index is 1.39. The number of nitrogens with one attached hydrogen (secondary N) is 2. The van der Waals surface area contributed by atoms with Gasteiger partial charge in [0.2, 0.25) is 0 Å². The Morgan fingerprint density at radius 2 is 1.62 bits per heavy atom. The molecule has 4 aromatic carbocycles. The first-order chi connectivity index (χ1) is 26.5. The maximum atomic E-state index is 12.4. The molecule has 6 nitrogen and oxygen atoms in total. The molecule has 0 bridgehead atoms. The van der Waals surface area contributed by atoms with Gasteiger partial charge in [0.15, 0.2) is 5.17 Å². The molecule has 0 aromatic heterocycles. The molecule has 1 heterocycles. The first-order valence-electron chi connectivity index (χ1n) is 19.8. The molecule has 3 atom stereocenters. The molecule has 0 saturated carbocycles. The maximum Gasteiger partial charge on any atom is 0.313 e. The number of amides is 1. The summed E-state index contributed by atoms with van der Waals surface area (Å²) in [5, 5.41) is 15.8. The van der Waals surface area contributed by atoms with E-state index in [4.69, 9.17) is 5.11 Å². The monoisotopic (exact) mass is 755 g/mol. The zero-order valence-corrected chi connectivity index (χ0v) is 34.1. The summed E-state index contributed by atoms with van der Waals surface area (Å²) in [4.78, 5) is 27.6. The third-order valence-electron chi connectivity index (χ3n) is 10.9. The number of benzene rings is 4. The summed E-state index contributed by atoms with van der Waals surface area (Å²) in [6.45, 7) is 13.7. The summed E-state index contributed by atoms with van der Waals surface area (Å²) < 4.78 is 0. The van der Waals surface area contributed by atoms with Crippen molar-refractivity contribution >= 4 is 52.2 Å². The number of carbonyl (C=O) groups excluding carboxylic acids is 1. The average Bonchev–Trinajstić information content (AvgIpc) is 3.54. The van der Waals surface area contributed by atoms with Crippen molar-refractivity contribution < 1.29 is 14.7 Å². The minimum absolute atomic E-state index is 0.164. The van der Waals surface area contributed by atoms with Gasteiger partial charge < -0.3 is 10.4 Å². The number of thioether (sulfide) groups is 1. The Bertz CT molecular complexity index is 2000. The molecule has 3 N–H and O–H groups in total. The van der Waals surface area contributed by atoms with Crippen LogP contribution in [-0.4, -0.2) is 27.9 Å². The molecular weight excluding hydrogens is 699 g/mol. The van der Waals surface area contributed by atoms with E-state index in [1.807, 2.05) is 24.3 Å². The predicted octanol–water partition coefficient (Wildman–Crippen LogP) is 11.8. The van der Waals surface area contributed by atoms with E-state index in [0.29, 0.717) is 11.1 Å². The fourth-order valence-corrected chi connectivity index (χ4v) is 7.95. The molecule has 0 aliphatic carbocycles. The second-order valence-corrected chi connectivity index (χ2v) is 16.0. The molecule has 55 heavy (non-hydrogen) atoms. The molecule has 0 fully saturated rings. The number of aryl methyl sites for hydroxylation is 1. The number of carboxylic acid groups (broad SMARTS) is 1. The van der Waals surface area contributed by atoms with Gasteiger partial charge in [0, 0.05) is 5.69 Å². The van der Waals surface area contributed by atoms with Crippen molar-refractivity contribution in [2.24, 2.45) is 16.8 Å². The van der Waals surface area contributed by atoms with Crippen LogP contribution in [0.1, 0.15) is 112 Å². The zero-order chi connectivity index (χ0) is 39.4. The largest absolute Gasteiger partial charge is 0.481 e. The Labute approximate surface area is 332 Å². The van der Waals surface area contributed by atoms with E-state index in [1.54, 1.807) is 6.08 Å². The van der Waals surface area contributed by atoms with E-state index in [0.717, 1.165) is 53.8 Å². The summed E-state index contributed by atoms with van der Waals surface area (Å²) in [6.07, 6.45) is 12.4. The van der Waals surface area contributed by atoms with Crippen LogP contribution in [0.5, 0.6) is 0 Å². The van der Waals surface area contributed by atoms with Crippen molar-refractivity contribution in [2.75, 3.05) is 11.1 Å².